The molecule has 146 valence electrons. The highest BCUT2D eigenvalue weighted by Crippen LogP contribution is 2.50. The molecule has 27 heavy (non-hydrogen) atoms. The fourth-order valence-electron chi connectivity index (χ4n) is 4.29. The van der Waals surface area contributed by atoms with Crippen molar-refractivity contribution < 1.29 is 19.1 Å². The van der Waals surface area contributed by atoms with Crippen LogP contribution in [0.4, 0.5) is 0 Å². The lowest BCUT2D eigenvalue weighted by Crippen LogP contribution is -2.26. The van der Waals surface area contributed by atoms with Gasteiger partial charge in [-0.3, -0.25) is 9.59 Å². The molecular formula is C23H30O4. The lowest BCUT2D eigenvalue weighted by molar-refractivity contribution is -0.149. The summed E-state index contributed by atoms with van der Waals surface area (Å²) in [6.45, 7) is 9.49. The molecule has 0 spiro atoms. The molecule has 4 heteroatoms. The van der Waals surface area contributed by atoms with E-state index >= 15 is 0 Å². The zero-order chi connectivity index (χ0) is 19.9. The number of esters is 1. The highest BCUT2D eigenvalue weighted by atomic mass is 16.5. The Hall–Kier alpha value is -2.10. The van der Waals surface area contributed by atoms with Crippen LogP contribution in [0.3, 0.4) is 0 Å². The normalized spacial score (nSPS) is 22.7. The van der Waals surface area contributed by atoms with Crippen molar-refractivity contribution in [3.63, 3.8) is 0 Å². The Morgan fingerprint density at radius 1 is 1.07 bits per heavy atom. The number of methoxy groups -OCH3 is 1. The summed E-state index contributed by atoms with van der Waals surface area (Å²) < 4.78 is 11.5. The highest BCUT2D eigenvalue weighted by Gasteiger charge is 2.47. The van der Waals surface area contributed by atoms with Crippen LogP contribution in [-0.4, -0.2) is 18.9 Å². The van der Waals surface area contributed by atoms with Crippen molar-refractivity contribution in [1.29, 1.82) is 0 Å². The molecule has 0 saturated heterocycles. The highest BCUT2D eigenvalue weighted by molar-refractivity contribution is 6.26. The van der Waals surface area contributed by atoms with Crippen LogP contribution in [0.5, 0.6) is 5.75 Å². The number of ether oxygens (including phenoxy) is 2. The van der Waals surface area contributed by atoms with E-state index < -0.39 is 5.41 Å². The van der Waals surface area contributed by atoms with Gasteiger partial charge in [-0.05, 0) is 64.7 Å². The Kier molecular flexibility index (Phi) is 5.20. The maximum Gasteiger partial charge on any atom is 0.316 e. The maximum atomic E-state index is 13.4. The van der Waals surface area contributed by atoms with Crippen LogP contribution in [-0.2, 0) is 14.3 Å². The van der Waals surface area contributed by atoms with E-state index in [4.69, 9.17) is 9.47 Å². The van der Waals surface area contributed by atoms with Gasteiger partial charge in [-0.15, -0.1) is 0 Å². The molecule has 1 saturated carbocycles. The summed E-state index contributed by atoms with van der Waals surface area (Å²) in [5.41, 5.74) is 2.75. The summed E-state index contributed by atoms with van der Waals surface area (Å²) in [5.74, 6) is 0.952. The smallest absolute Gasteiger partial charge is 0.316 e. The largest absolute Gasteiger partial charge is 0.496 e. The third-order valence-corrected chi connectivity index (χ3v) is 5.66. The summed E-state index contributed by atoms with van der Waals surface area (Å²) in [4.78, 5) is 26.1. The number of Topliss-reactive ketones (excluding diaryl/α,β-unsaturated/α-hetero) is 1. The summed E-state index contributed by atoms with van der Waals surface area (Å²) in [6.07, 6.45) is 3.85. The number of carbonyl (C=O) groups excluding carboxylic acids is 2. The quantitative estimate of drug-likeness (QED) is 0.703. The van der Waals surface area contributed by atoms with Crippen LogP contribution in [0, 0.1) is 31.1 Å². The third kappa shape index (κ3) is 3.54. The lowest BCUT2D eigenvalue weighted by Gasteiger charge is -2.27. The van der Waals surface area contributed by atoms with E-state index in [1.807, 2.05) is 46.8 Å². The van der Waals surface area contributed by atoms with Crippen LogP contribution >= 0.6 is 0 Å². The maximum absolute atomic E-state index is 13.4. The van der Waals surface area contributed by atoms with Gasteiger partial charge in [-0.2, -0.15) is 0 Å². The molecule has 0 aromatic heterocycles. The molecule has 0 radical (unpaired) electrons. The van der Waals surface area contributed by atoms with Crippen molar-refractivity contribution in [2.75, 3.05) is 7.11 Å². The standard InChI is InChI=1S/C23H30O4/c1-13-11-14(2)18(17(12-13)26-6)19-20(24)15-9-7-8-10-16(15)21(19)27-22(25)23(3,4)5/h11-12,15-16H,7-10H2,1-6H3. The van der Waals surface area contributed by atoms with Gasteiger partial charge in [0.25, 0.3) is 0 Å². The molecule has 0 N–H and O–H groups in total. The molecule has 1 aromatic rings. The molecule has 0 bridgehead atoms. The molecule has 2 aliphatic rings. The first-order chi connectivity index (χ1) is 12.6. The molecule has 2 unspecified atom stereocenters. The van der Waals surface area contributed by atoms with Gasteiger partial charge in [0.15, 0.2) is 5.78 Å². The molecular weight excluding hydrogens is 340 g/mol. The molecule has 0 heterocycles. The molecule has 2 aliphatic carbocycles. The van der Waals surface area contributed by atoms with Gasteiger partial charge in [0.2, 0.25) is 0 Å². The van der Waals surface area contributed by atoms with Crippen molar-refractivity contribution in [3.05, 3.63) is 34.6 Å². The van der Waals surface area contributed by atoms with Crippen molar-refractivity contribution >= 4 is 17.3 Å². The van der Waals surface area contributed by atoms with Crippen molar-refractivity contribution in [1.82, 2.24) is 0 Å². The number of ketones is 1. The average Bonchev–Trinajstić information content (AvgIpc) is 2.86. The monoisotopic (exact) mass is 370 g/mol. The summed E-state index contributed by atoms with van der Waals surface area (Å²) in [7, 11) is 1.62. The van der Waals surface area contributed by atoms with Gasteiger partial charge < -0.3 is 9.47 Å². The first-order valence-electron chi connectivity index (χ1n) is 9.81. The fraction of sp³-hybridized carbons (Fsp3) is 0.565. The minimum atomic E-state index is -0.625. The number of allylic oxidation sites excluding steroid dienone is 2. The second-order valence-corrected chi connectivity index (χ2v) is 8.90. The number of rotatable bonds is 3. The zero-order valence-corrected chi connectivity index (χ0v) is 17.3. The molecule has 2 atom stereocenters. The van der Waals surface area contributed by atoms with E-state index in [9.17, 15) is 9.59 Å². The summed E-state index contributed by atoms with van der Waals surface area (Å²) in [5, 5.41) is 0. The van der Waals surface area contributed by atoms with Crippen molar-refractivity contribution in [3.8, 4) is 5.75 Å². The topological polar surface area (TPSA) is 52.6 Å². The van der Waals surface area contributed by atoms with Gasteiger partial charge in [0.1, 0.15) is 11.5 Å². The number of carbonyl (C=O) groups is 2. The van der Waals surface area contributed by atoms with Crippen molar-refractivity contribution in [2.24, 2.45) is 17.3 Å². The Morgan fingerprint density at radius 2 is 1.70 bits per heavy atom. The Balaban J connectivity index is 2.19. The van der Waals surface area contributed by atoms with E-state index in [0.717, 1.165) is 42.4 Å². The van der Waals surface area contributed by atoms with E-state index in [2.05, 4.69) is 0 Å². The van der Waals surface area contributed by atoms with Gasteiger partial charge in [0.05, 0.1) is 18.1 Å². The molecule has 3 rings (SSSR count). The second-order valence-electron chi connectivity index (χ2n) is 8.90. The number of aryl methyl sites for hydroxylation is 2. The molecule has 1 aromatic carbocycles. The van der Waals surface area contributed by atoms with E-state index in [-0.39, 0.29) is 23.6 Å². The van der Waals surface area contributed by atoms with Crippen LogP contribution < -0.4 is 4.74 Å². The Labute approximate surface area is 161 Å². The molecule has 1 fully saturated rings. The Morgan fingerprint density at radius 3 is 2.30 bits per heavy atom. The summed E-state index contributed by atoms with van der Waals surface area (Å²) >= 11 is 0. The molecule has 4 nitrogen and oxygen atoms in total. The minimum Gasteiger partial charge on any atom is -0.496 e. The minimum absolute atomic E-state index is 0.00189. The zero-order valence-electron chi connectivity index (χ0n) is 17.3. The predicted molar refractivity (Wildman–Crippen MR) is 105 cm³/mol. The molecule has 0 amide bonds. The second kappa shape index (κ2) is 7.14. The summed E-state index contributed by atoms with van der Waals surface area (Å²) in [6, 6.07) is 3.98. The SMILES string of the molecule is COc1cc(C)cc(C)c1C1=C(OC(=O)C(C)(C)C)C2CCCCC2C1=O. The number of hydrogen-bond donors (Lipinski definition) is 0. The van der Waals surface area contributed by atoms with E-state index in [0.29, 0.717) is 17.1 Å². The number of benzene rings is 1. The van der Waals surface area contributed by atoms with Gasteiger partial charge in [-0.25, -0.2) is 0 Å². The Bertz CT molecular complexity index is 810. The predicted octanol–water partition coefficient (Wildman–Crippen LogP) is 5.00. The van der Waals surface area contributed by atoms with Crippen LogP contribution in [0.15, 0.2) is 17.9 Å². The average molecular weight is 370 g/mol. The van der Waals surface area contributed by atoms with Gasteiger partial charge in [0, 0.05) is 17.4 Å². The van der Waals surface area contributed by atoms with Crippen LogP contribution in [0.2, 0.25) is 0 Å². The van der Waals surface area contributed by atoms with Crippen LogP contribution in [0.1, 0.15) is 63.1 Å². The van der Waals surface area contributed by atoms with E-state index in [1.165, 1.54) is 0 Å². The third-order valence-electron chi connectivity index (χ3n) is 5.66. The first-order valence-corrected chi connectivity index (χ1v) is 9.81. The van der Waals surface area contributed by atoms with Gasteiger partial charge in [-0.1, -0.05) is 18.9 Å². The van der Waals surface area contributed by atoms with Gasteiger partial charge >= 0.3 is 5.97 Å². The lowest BCUT2D eigenvalue weighted by atomic mass is 9.80. The fourth-order valence-corrected chi connectivity index (χ4v) is 4.29. The first kappa shape index (κ1) is 19.7. The number of hydrogen-bond acceptors (Lipinski definition) is 4. The van der Waals surface area contributed by atoms with Crippen molar-refractivity contribution in [2.45, 2.75) is 60.3 Å². The van der Waals surface area contributed by atoms with E-state index in [1.54, 1.807) is 7.11 Å². The van der Waals surface area contributed by atoms with Crippen LogP contribution in [0.25, 0.3) is 5.57 Å². The number of fused-ring (bicyclic) bond motifs is 1. The molecule has 0 aliphatic heterocycles.